The molecule has 0 radical (unpaired) electrons. The predicted octanol–water partition coefficient (Wildman–Crippen LogP) is 1.85. The average molecular weight is 290 g/mol. The Morgan fingerprint density at radius 1 is 1.50 bits per heavy atom. The first-order valence-corrected chi connectivity index (χ1v) is 5.33. The number of hydrogen-bond donors (Lipinski definition) is 2. The van der Waals surface area contributed by atoms with Gasteiger partial charge in [-0.25, -0.2) is 0 Å². The lowest BCUT2D eigenvalue weighted by Gasteiger charge is -2.05. The van der Waals surface area contributed by atoms with Gasteiger partial charge in [-0.05, 0) is 19.1 Å². The number of furan rings is 1. The lowest BCUT2D eigenvalue weighted by Crippen LogP contribution is -2.24. The van der Waals surface area contributed by atoms with Crippen molar-refractivity contribution in [2.75, 3.05) is 11.9 Å². The van der Waals surface area contributed by atoms with Crippen LogP contribution in [0, 0.1) is 6.92 Å². The minimum Gasteiger partial charge on any atom is -0.458 e. The maximum Gasteiger partial charge on any atom is 0.523 e. The van der Waals surface area contributed by atoms with Crippen LogP contribution in [-0.2, 0) is 9.53 Å². The molecule has 0 aromatic carbocycles. The van der Waals surface area contributed by atoms with Crippen LogP contribution in [0.4, 0.5) is 19.1 Å². The van der Waals surface area contributed by atoms with E-state index in [2.05, 4.69) is 25.2 Å². The van der Waals surface area contributed by atoms with Gasteiger partial charge in [-0.3, -0.25) is 19.9 Å². The molecule has 7 nitrogen and oxygen atoms in total. The third-order valence-corrected chi connectivity index (χ3v) is 2.08. The highest BCUT2D eigenvalue weighted by molar-refractivity contribution is 5.90. The Morgan fingerprint density at radius 3 is 2.85 bits per heavy atom. The van der Waals surface area contributed by atoms with Crippen molar-refractivity contribution >= 4 is 11.9 Å². The topological polar surface area (TPSA) is 93.0 Å². The van der Waals surface area contributed by atoms with Crippen molar-refractivity contribution in [1.82, 2.24) is 15.2 Å². The van der Waals surface area contributed by atoms with Crippen LogP contribution in [-0.4, -0.2) is 34.1 Å². The van der Waals surface area contributed by atoms with E-state index in [-0.39, 0.29) is 11.8 Å². The maximum absolute atomic E-state index is 11.7. The van der Waals surface area contributed by atoms with Crippen molar-refractivity contribution in [3.8, 4) is 11.6 Å². The van der Waals surface area contributed by atoms with Crippen LogP contribution in [0.1, 0.15) is 5.76 Å². The molecule has 2 aromatic rings. The Morgan fingerprint density at radius 2 is 2.25 bits per heavy atom. The second-order valence-corrected chi connectivity index (χ2v) is 3.70. The Balaban J connectivity index is 1.94. The monoisotopic (exact) mass is 290 g/mol. The molecule has 2 N–H and O–H groups in total. The van der Waals surface area contributed by atoms with Crippen molar-refractivity contribution < 1.29 is 27.1 Å². The fourth-order valence-electron chi connectivity index (χ4n) is 1.30. The standard InChI is InChI=1S/C10H9F3N4O3/c1-5-2-3-6(20-5)8-15-9(17-16-8)14-7(18)4-19-10(11,12)13/h2-3H,4H2,1H3,(H2,14,15,16,17,18). The van der Waals surface area contributed by atoms with Gasteiger partial charge in [0.25, 0.3) is 5.91 Å². The van der Waals surface area contributed by atoms with Crippen LogP contribution in [0.2, 0.25) is 0 Å². The normalized spacial score (nSPS) is 11.6. The number of ether oxygens (including phenoxy) is 1. The molecule has 1 amide bonds. The van der Waals surface area contributed by atoms with Gasteiger partial charge >= 0.3 is 6.36 Å². The highest BCUT2D eigenvalue weighted by Crippen LogP contribution is 2.19. The largest absolute Gasteiger partial charge is 0.523 e. The van der Waals surface area contributed by atoms with E-state index in [9.17, 15) is 18.0 Å². The molecule has 0 aliphatic heterocycles. The number of nitrogens with zero attached hydrogens (tertiary/aromatic N) is 2. The molecule has 20 heavy (non-hydrogen) atoms. The van der Waals surface area contributed by atoms with E-state index < -0.39 is 18.9 Å². The number of aryl methyl sites for hydroxylation is 1. The third kappa shape index (κ3) is 3.82. The molecule has 0 saturated heterocycles. The Labute approximate surface area is 110 Å². The summed E-state index contributed by atoms with van der Waals surface area (Å²) in [6, 6.07) is 3.33. The van der Waals surface area contributed by atoms with Crippen LogP contribution < -0.4 is 5.32 Å². The zero-order valence-corrected chi connectivity index (χ0v) is 10.1. The number of aromatic nitrogens is 3. The first kappa shape index (κ1) is 14.1. The van der Waals surface area contributed by atoms with Gasteiger partial charge in [0, 0.05) is 0 Å². The second-order valence-electron chi connectivity index (χ2n) is 3.70. The van der Waals surface area contributed by atoms with E-state index in [1.807, 2.05) is 0 Å². The van der Waals surface area contributed by atoms with Gasteiger partial charge in [0.05, 0.1) is 0 Å². The minimum absolute atomic E-state index is 0.176. The molecule has 10 heteroatoms. The summed E-state index contributed by atoms with van der Waals surface area (Å²) in [5.41, 5.74) is 0. The number of anilines is 1. The van der Waals surface area contributed by atoms with Crippen LogP contribution in [0.25, 0.3) is 11.6 Å². The van der Waals surface area contributed by atoms with Crippen LogP contribution >= 0.6 is 0 Å². The Hall–Kier alpha value is -2.36. The molecule has 0 aliphatic rings. The SMILES string of the molecule is Cc1ccc(-c2nc(NC(=O)COC(F)(F)F)n[nH]2)o1. The number of amides is 1. The Kier molecular flexibility index (Phi) is 3.74. The predicted molar refractivity (Wildman–Crippen MR) is 59.5 cm³/mol. The number of H-pyrrole nitrogens is 1. The van der Waals surface area contributed by atoms with Gasteiger partial charge in [-0.15, -0.1) is 18.3 Å². The lowest BCUT2D eigenvalue weighted by atomic mass is 10.4. The fourth-order valence-corrected chi connectivity index (χ4v) is 1.30. The van der Waals surface area contributed by atoms with E-state index in [1.54, 1.807) is 19.1 Å². The van der Waals surface area contributed by atoms with Crippen molar-refractivity contribution in [1.29, 1.82) is 0 Å². The van der Waals surface area contributed by atoms with Crippen LogP contribution in [0.5, 0.6) is 0 Å². The smallest absolute Gasteiger partial charge is 0.458 e. The lowest BCUT2D eigenvalue weighted by molar-refractivity contribution is -0.320. The van der Waals surface area contributed by atoms with Crippen molar-refractivity contribution in [2.45, 2.75) is 13.3 Å². The molecule has 0 spiro atoms. The number of alkyl halides is 3. The number of rotatable bonds is 4. The van der Waals surface area contributed by atoms with E-state index in [0.29, 0.717) is 11.5 Å². The highest BCUT2D eigenvalue weighted by Gasteiger charge is 2.30. The maximum atomic E-state index is 11.7. The average Bonchev–Trinajstić information content (AvgIpc) is 2.94. The molecule has 2 rings (SSSR count). The molecule has 0 unspecified atom stereocenters. The number of hydrogen-bond acceptors (Lipinski definition) is 5. The van der Waals surface area contributed by atoms with Gasteiger partial charge < -0.3 is 4.42 Å². The fraction of sp³-hybridized carbons (Fsp3) is 0.300. The summed E-state index contributed by atoms with van der Waals surface area (Å²) in [6.45, 7) is 0.560. The molecule has 0 aliphatic carbocycles. The summed E-state index contributed by atoms with van der Waals surface area (Å²) >= 11 is 0. The number of halogens is 3. The van der Waals surface area contributed by atoms with Crippen molar-refractivity contribution in [3.05, 3.63) is 17.9 Å². The molecular formula is C10H9F3N4O3. The van der Waals surface area contributed by atoms with Crippen LogP contribution in [0.15, 0.2) is 16.5 Å². The zero-order valence-electron chi connectivity index (χ0n) is 10.1. The summed E-state index contributed by atoms with van der Waals surface area (Å²) < 4.78 is 43.8. The van der Waals surface area contributed by atoms with E-state index >= 15 is 0 Å². The first-order chi connectivity index (χ1) is 9.33. The Bertz CT molecular complexity index is 605. The molecule has 0 bridgehead atoms. The summed E-state index contributed by atoms with van der Waals surface area (Å²) in [6.07, 6.45) is -4.87. The zero-order chi connectivity index (χ0) is 14.8. The molecule has 0 saturated carbocycles. The van der Waals surface area contributed by atoms with Crippen molar-refractivity contribution in [3.63, 3.8) is 0 Å². The third-order valence-electron chi connectivity index (χ3n) is 2.08. The number of carbonyl (C=O) groups excluding carboxylic acids is 1. The summed E-state index contributed by atoms with van der Waals surface area (Å²) in [7, 11) is 0. The summed E-state index contributed by atoms with van der Waals surface area (Å²) in [4.78, 5) is 15.0. The van der Waals surface area contributed by atoms with Crippen molar-refractivity contribution in [2.24, 2.45) is 0 Å². The van der Waals surface area contributed by atoms with Crippen LogP contribution in [0.3, 0.4) is 0 Å². The number of nitrogens with one attached hydrogen (secondary N) is 2. The van der Waals surface area contributed by atoms with E-state index in [1.165, 1.54) is 0 Å². The minimum atomic E-state index is -4.87. The second kappa shape index (κ2) is 5.33. The number of aromatic amines is 1. The highest BCUT2D eigenvalue weighted by atomic mass is 19.4. The van der Waals surface area contributed by atoms with Gasteiger partial charge in [-0.2, -0.15) is 4.98 Å². The molecule has 0 atom stereocenters. The quantitative estimate of drug-likeness (QED) is 0.896. The molecule has 2 heterocycles. The van der Waals surface area contributed by atoms with Gasteiger partial charge in [0.15, 0.2) is 11.6 Å². The first-order valence-electron chi connectivity index (χ1n) is 5.33. The summed E-state index contributed by atoms with van der Waals surface area (Å²) in [5, 5.41) is 8.15. The van der Waals surface area contributed by atoms with E-state index in [0.717, 1.165) is 0 Å². The molecule has 108 valence electrons. The number of carbonyl (C=O) groups is 1. The van der Waals surface area contributed by atoms with E-state index in [4.69, 9.17) is 4.42 Å². The van der Waals surface area contributed by atoms with Gasteiger partial charge in [-0.1, -0.05) is 0 Å². The van der Waals surface area contributed by atoms with Gasteiger partial charge in [0.2, 0.25) is 5.95 Å². The molecule has 0 fully saturated rings. The summed E-state index contributed by atoms with van der Waals surface area (Å²) in [5.74, 6) is 0.0843. The molecule has 2 aromatic heterocycles. The molecular weight excluding hydrogens is 281 g/mol. The van der Waals surface area contributed by atoms with Gasteiger partial charge in [0.1, 0.15) is 12.4 Å².